The summed E-state index contributed by atoms with van der Waals surface area (Å²) in [6.45, 7) is 0.0573. The van der Waals surface area contributed by atoms with E-state index in [2.05, 4.69) is 5.32 Å². The number of sulfonamides is 1. The number of carbonyl (C=O) groups excluding carboxylic acids is 1. The van der Waals surface area contributed by atoms with Crippen LogP contribution in [-0.2, 0) is 21.2 Å². The molecular weight excluding hydrogens is 236 g/mol. The van der Waals surface area contributed by atoms with Crippen LogP contribution >= 0.6 is 11.3 Å². The van der Waals surface area contributed by atoms with Gasteiger partial charge in [-0.05, 0) is 22.4 Å². The second kappa shape index (κ2) is 5.24. The minimum atomic E-state index is -3.49. The summed E-state index contributed by atoms with van der Waals surface area (Å²) < 4.78 is 21.1. The predicted molar refractivity (Wildman–Crippen MR) is 59.0 cm³/mol. The van der Waals surface area contributed by atoms with Gasteiger partial charge in [-0.2, -0.15) is 11.3 Å². The summed E-state index contributed by atoms with van der Waals surface area (Å²) in [4.78, 5) is 11.3. The zero-order valence-electron chi connectivity index (χ0n) is 7.97. The van der Waals surface area contributed by atoms with Crippen LogP contribution in [0.25, 0.3) is 0 Å². The number of rotatable bonds is 5. The van der Waals surface area contributed by atoms with Crippen molar-refractivity contribution in [1.29, 1.82) is 0 Å². The summed E-state index contributed by atoms with van der Waals surface area (Å²) in [5.74, 6) is -0.431. The molecule has 0 spiro atoms. The average molecular weight is 248 g/mol. The van der Waals surface area contributed by atoms with Crippen LogP contribution in [0.1, 0.15) is 5.56 Å². The highest BCUT2D eigenvalue weighted by Gasteiger charge is 2.06. The number of nitrogens with one attached hydrogen (secondary N) is 1. The molecule has 0 aliphatic heterocycles. The van der Waals surface area contributed by atoms with Gasteiger partial charge in [-0.3, -0.25) is 4.79 Å². The fraction of sp³-hybridized carbons (Fsp3) is 0.375. The van der Waals surface area contributed by atoms with Crippen molar-refractivity contribution in [3.8, 4) is 0 Å². The Morgan fingerprint density at radius 1 is 1.53 bits per heavy atom. The molecular formula is C8H12N2O3S2. The first-order valence-electron chi connectivity index (χ1n) is 4.25. The van der Waals surface area contributed by atoms with E-state index in [1.165, 1.54) is 11.3 Å². The number of thiophene rings is 1. The van der Waals surface area contributed by atoms with Crippen molar-refractivity contribution in [2.75, 3.05) is 12.3 Å². The maximum absolute atomic E-state index is 11.3. The van der Waals surface area contributed by atoms with Gasteiger partial charge in [-0.25, -0.2) is 13.6 Å². The fourth-order valence-corrected chi connectivity index (χ4v) is 2.03. The second-order valence-electron chi connectivity index (χ2n) is 3.03. The molecule has 0 radical (unpaired) electrons. The molecule has 0 aliphatic carbocycles. The molecule has 0 saturated carbocycles. The third-order valence-electron chi connectivity index (χ3n) is 1.65. The Bertz CT molecular complexity index is 411. The zero-order valence-corrected chi connectivity index (χ0v) is 9.60. The van der Waals surface area contributed by atoms with Gasteiger partial charge < -0.3 is 5.32 Å². The van der Waals surface area contributed by atoms with Gasteiger partial charge in [0.2, 0.25) is 15.9 Å². The van der Waals surface area contributed by atoms with Gasteiger partial charge in [0.1, 0.15) is 0 Å². The molecule has 1 heterocycles. The number of amides is 1. The Labute approximate surface area is 92.3 Å². The summed E-state index contributed by atoms with van der Waals surface area (Å²) >= 11 is 1.51. The maximum atomic E-state index is 11.3. The highest BCUT2D eigenvalue weighted by Crippen LogP contribution is 2.05. The molecule has 0 bridgehead atoms. The molecule has 84 valence electrons. The van der Waals surface area contributed by atoms with Gasteiger partial charge in [0.25, 0.3) is 0 Å². The van der Waals surface area contributed by atoms with Crippen LogP contribution in [0.2, 0.25) is 0 Å². The molecule has 1 amide bonds. The summed E-state index contributed by atoms with van der Waals surface area (Å²) in [5, 5.41) is 11.0. The number of carbonyl (C=O) groups is 1. The van der Waals surface area contributed by atoms with Crippen molar-refractivity contribution in [3.63, 3.8) is 0 Å². The smallest absolute Gasteiger partial charge is 0.224 e. The minimum absolute atomic E-state index is 0.0573. The monoisotopic (exact) mass is 248 g/mol. The number of nitrogens with two attached hydrogens (primary N) is 1. The first-order valence-corrected chi connectivity index (χ1v) is 6.91. The van der Waals surface area contributed by atoms with Crippen molar-refractivity contribution in [1.82, 2.24) is 5.32 Å². The number of primary sulfonamides is 1. The van der Waals surface area contributed by atoms with Crippen LogP contribution in [0.3, 0.4) is 0 Å². The van der Waals surface area contributed by atoms with E-state index in [0.29, 0.717) is 0 Å². The first-order chi connectivity index (χ1) is 6.97. The normalized spacial score (nSPS) is 11.3. The third-order valence-corrected chi connectivity index (χ3v) is 3.16. The Kier molecular flexibility index (Phi) is 4.25. The SMILES string of the molecule is NS(=O)(=O)CCNC(=O)Cc1ccsc1. The van der Waals surface area contributed by atoms with Crippen molar-refractivity contribution in [3.05, 3.63) is 22.4 Å². The fourth-order valence-electron chi connectivity index (χ4n) is 0.974. The molecule has 1 rings (SSSR count). The second-order valence-corrected chi connectivity index (χ2v) is 5.54. The Morgan fingerprint density at radius 3 is 2.80 bits per heavy atom. The molecule has 0 unspecified atom stereocenters. The summed E-state index contributed by atoms with van der Waals surface area (Å²) in [6, 6.07) is 1.85. The summed E-state index contributed by atoms with van der Waals surface area (Å²) in [6.07, 6.45) is 0.272. The molecule has 0 aliphatic rings. The lowest BCUT2D eigenvalue weighted by molar-refractivity contribution is -0.120. The lowest BCUT2D eigenvalue weighted by Crippen LogP contribution is -2.32. The molecule has 0 atom stereocenters. The maximum Gasteiger partial charge on any atom is 0.224 e. The highest BCUT2D eigenvalue weighted by molar-refractivity contribution is 7.89. The van der Waals surface area contributed by atoms with E-state index in [0.717, 1.165) is 5.56 Å². The van der Waals surface area contributed by atoms with E-state index in [4.69, 9.17) is 5.14 Å². The largest absolute Gasteiger partial charge is 0.355 e. The molecule has 1 aromatic rings. The minimum Gasteiger partial charge on any atom is -0.355 e. The number of hydrogen-bond acceptors (Lipinski definition) is 4. The van der Waals surface area contributed by atoms with Crippen molar-refractivity contribution < 1.29 is 13.2 Å². The van der Waals surface area contributed by atoms with Crippen LogP contribution in [0.4, 0.5) is 0 Å². The Morgan fingerprint density at radius 2 is 2.27 bits per heavy atom. The summed E-state index contributed by atoms with van der Waals surface area (Å²) in [5.41, 5.74) is 0.924. The van der Waals surface area contributed by atoms with E-state index >= 15 is 0 Å². The molecule has 5 nitrogen and oxygen atoms in total. The molecule has 15 heavy (non-hydrogen) atoms. The number of hydrogen-bond donors (Lipinski definition) is 2. The van der Waals surface area contributed by atoms with E-state index in [9.17, 15) is 13.2 Å². The standard InChI is InChI=1S/C8H12N2O3S2/c9-15(12,13)4-2-10-8(11)5-7-1-3-14-6-7/h1,3,6H,2,4-5H2,(H,10,11)(H2,9,12,13). The average Bonchev–Trinajstić information content (AvgIpc) is 2.54. The van der Waals surface area contributed by atoms with E-state index in [-0.39, 0.29) is 24.6 Å². The molecule has 0 saturated heterocycles. The Balaban J connectivity index is 2.26. The molecule has 1 aromatic heterocycles. The lowest BCUT2D eigenvalue weighted by Gasteiger charge is -2.02. The van der Waals surface area contributed by atoms with E-state index in [1.54, 1.807) is 0 Å². The van der Waals surface area contributed by atoms with Gasteiger partial charge in [-0.1, -0.05) is 0 Å². The lowest BCUT2D eigenvalue weighted by atomic mass is 10.2. The first kappa shape index (κ1) is 12.2. The molecule has 0 aromatic carbocycles. The molecule has 7 heteroatoms. The Hall–Kier alpha value is -0.920. The zero-order chi connectivity index (χ0) is 11.3. The van der Waals surface area contributed by atoms with E-state index < -0.39 is 10.0 Å². The van der Waals surface area contributed by atoms with E-state index in [1.807, 2.05) is 16.8 Å². The molecule has 3 N–H and O–H groups in total. The molecule has 0 fully saturated rings. The van der Waals surface area contributed by atoms with Crippen LogP contribution in [0, 0.1) is 0 Å². The van der Waals surface area contributed by atoms with Crippen LogP contribution in [-0.4, -0.2) is 26.6 Å². The quantitative estimate of drug-likeness (QED) is 0.749. The van der Waals surface area contributed by atoms with Crippen LogP contribution in [0.15, 0.2) is 16.8 Å². The van der Waals surface area contributed by atoms with Gasteiger partial charge in [0.15, 0.2) is 0 Å². The van der Waals surface area contributed by atoms with Gasteiger partial charge >= 0.3 is 0 Å². The van der Waals surface area contributed by atoms with Crippen molar-refractivity contribution in [2.24, 2.45) is 5.14 Å². The van der Waals surface area contributed by atoms with Gasteiger partial charge in [0.05, 0.1) is 12.2 Å². The van der Waals surface area contributed by atoms with Crippen LogP contribution in [0.5, 0.6) is 0 Å². The third kappa shape index (κ3) is 5.50. The van der Waals surface area contributed by atoms with Crippen molar-refractivity contribution >= 4 is 27.3 Å². The van der Waals surface area contributed by atoms with Crippen LogP contribution < -0.4 is 10.5 Å². The summed E-state index contributed by atoms with van der Waals surface area (Å²) in [7, 11) is -3.49. The van der Waals surface area contributed by atoms with Gasteiger partial charge in [0, 0.05) is 6.54 Å². The topological polar surface area (TPSA) is 89.3 Å². The predicted octanol–water partition coefficient (Wildman–Crippen LogP) is -0.305. The highest BCUT2D eigenvalue weighted by atomic mass is 32.2. The van der Waals surface area contributed by atoms with Gasteiger partial charge in [-0.15, -0.1) is 0 Å². The van der Waals surface area contributed by atoms with Crippen molar-refractivity contribution in [2.45, 2.75) is 6.42 Å².